The number of rotatable bonds is 3. The van der Waals surface area contributed by atoms with Crippen molar-refractivity contribution in [1.82, 2.24) is 5.32 Å². The molecule has 0 radical (unpaired) electrons. The highest BCUT2D eigenvalue weighted by molar-refractivity contribution is 9.10. The van der Waals surface area contributed by atoms with Crippen molar-refractivity contribution in [3.05, 3.63) is 28.7 Å². The van der Waals surface area contributed by atoms with Crippen molar-refractivity contribution in [2.24, 2.45) is 0 Å². The number of nitrogens with one attached hydrogen (secondary N) is 1. The molecule has 4 nitrogen and oxygen atoms in total. The van der Waals surface area contributed by atoms with Crippen molar-refractivity contribution >= 4 is 22.0 Å². The van der Waals surface area contributed by atoms with Gasteiger partial charge in [-0.25, -0.2) is 4.79 Å². The van der Waals surface area contributed by atoms with Gasteiger partial charge in [-0.3, -0.25) is 0 Å². The zero-order valence-corrected chi connectivity index (χ0v) is 9.82. The first-order valence-electron chi connectivity index (χ1n) is 4.46. The van der Waals surface area contributed by atoms with Gasteiger partial charge >= 0.3 is 6.09 Å². The van der Waals surface area contributed by atoms with Gasteiger partial charge in [0.05, 0.1) is 12.6 Å². The first-order chi connectivity index (χ1) is 7.11. The van der Waals surface area contributed by atoms with Gasteiger partial charge in [-0.05, 0) is 25.1 Å². The van der Waals surface area contributed by atoms with Gasteiger partial charge in [0.2, 0.25) is 0 Å². The quantitative estimate of drug-likeness (QED) is 0.885. The van der Waals surface area contributed by atoms with Crippen LogP contribution in [-0.2, 0) is 0 Å². The summed E-state index contributed by atoms with van der Waals surface area (Å²) in [5, 5.41) is 11.2. The second kappa shape index (κ2) is 5.72. The van der Waals surface area contributed by atoms with Gasteiger partial charge in [0.25, 0.3) is 0 Å². The smallest absolute Gasteiger partial charge is 0.410 e. The maximum absolute atomic E-state index is 11.2. The molecule has 1 amide bonds. The van der Waals surface area contributed by atoms with Crippen LogP contribution in [0.15, 0.2) is 28.7 Å². The third-order valence-electron chi connectivity index (χ3n) is 1.64. The average Bonchev–Trinajstić information content (AvgIpc) is 2.17. The van der Waals surface area contributed by atoms with Crippen molar-refractivity contribution in [2.75, 3.05) is 6.61 Å². The van der Waals surface area contributed by atoms with Gasteiger partial charge in [0.15, 0.2) is 0 Å². The van der Waals surface area contributed by atoms with Crippen LogP contribution >= 0.6 is 15.9 Å². The van der Waals surface area contributed by atoms with Crippen molar-refractivity contribution in [2.45, 2.75) is 13.0 Å². The molecule has 1 atom stereocenters. The van der Waals surface area contributed by atoms with Crippen LogP contribution in [0.5, 0.6) is 5.75 Å². The molecular weight excluding hydrogens is 262 g/mol. The van der Waals surface area contributed by atoms with Crippen molar-refractivity contribution in [3.8, 4) is 5.75 Å². The van der Waals surface area contributed by atoms with Crippen LogP contribution in [0.4, 0.5) is 4.79 Å². The number of carbonyl (C=O) groups excluding carboxylic acids is 1. The molecular formula is C10H12BrNO3. The zero-order chi connectivity index (χ0) is 11.3. The summed E-state index contributed by atoms with van der Waals surface area (Å²) >= 11 is 3.26. The SMILES string of the molecule is CC(CO)NC(=O)Oc1cccc(Br)c1. The lowest BCUT2D eigenvalue weighted by Crippen LogP contribution is -2.36. The fourth-order valence-corrected chi connectivity index (χ4v) is 1.29. The lowest BCUT2D eigenvalue weighted by molar-refractivity contribution is 0.186. The number of ether oxygens (including phenoxy) is 1. The average molecular weight is 274 g/mol. The first-order valence-corrected chi connectivity index (χ1v) is 5.26. The maximum Gasteiger partial charge on any atom is 0.412 e. The van der Waals surface area contributed by atoms with E-state index in [1.54, 1.807) is 25.1 Å². The lowest BCUT2D eigenvalue weighted by atomic mass is 10.3. The Labute approximate surface area is 96.4 Å². The normalized spacial score (nSPS) is 11.9. The number of aliphatic hydroxyl groups is 1. The van der Waals surface area contributed by atoms with Gasteiger partial charge in [-0.1, -0.05) is 22.0 Å². The van der Waals surface area contributed by atoms with Crippen molar-refractivity contribution in [3.63, 3.8) is 0 Å². The molecule has 0 saturated carbocycles. The van der Waals surface area contributed by atoms with Crippen LogP contribution < -0.4 is 10.1 Å². The van der Waals surface area contributed by atoms with Gasteiger partial charge in [0, 0.05) is 4.47 Å². The Morgan fingerprint density at radius 1 is 1.67 bits per heavy atom. The Morgan fingerprint density at radius 3 is 3.00 bits per heavy atom. The fraction of sp³-hybridized carbons (Fsp3) is 0.300. The second-order valence-electron chi connectivity index (χ2n) is 3.07. The van der Waals surface area contributed by atoms with Crippen LogP contribution in [0, 0.1) is 0 Å². The summed E-state index contributed by atoms with van der Waals surface area (Å²) in [7, 11) is 0. The summed E-state index contributed by atoms with van der Waals surface area (Å²) in [6, 6.07) is 6.64. The fourth-order valence-electron chi connectivity index (χ4n) is 0.914. The molecule has 1 aromatic carbocycles. The summed E-state index contributed by atoms with van der Waals surface area (Å²) < 4.78 is 5.81. The van der Waals surface area contributed by atoms with E-state index in [2.05, 4.69) is 21.2 Å². The molecule has 0 spiro atoms. The molecule has 0 aliphatic rings. The largest absolute Gasteiger partial charge is 0.412 e. The van der Waals surface area contributed by atoms with E-state index in [9.17, 15) is 4.79 Å². The highest BCUT2D eigenvalue weighted by atomic mass is 79.9. The molecule has 82 valence electrons. The first kappa shape index (κ1) is 12.0. The van der Waals surface area contributed by atoms with E-state index >= 15 is 0 Å². The van der Waals surface area contributed by atoms with Crippen LogP contribution in [0.1, 0.15) is 6.92 Å². The summed E-state index contributed by atoms with van der Waals surface area (Å²) in [5.74, 6) is 0.451. The topological polar surface area (TPSA) is 58.6 Å². The Kier molecular flexibility index (Phi) is 4.58. The predicted molar refractivity (Wildman–Crippen MR) is 59.8 cm³/mol. The van der Waals surface area contributed by atoms with E-state index in [0.717, 1.165) is 4.47 Å². The molecule has 1 aromatic rings. The number of hydrogen-bond donors (Lipinski definition) is 2. The molecule has 1 unspecified atom stereocenters. The Bertz CT molecular complexity index is 343. The Morgan fingerprint density at radius 2 is 2.40 bits per heavy atom. The van der Waals surface area contributed by atoms with Crippen LogP contribution in [0.25, 0.3) is 0 Å². The minimum absolute atomic E-state index is 0.117. The van der Waals surface area contributed by atoms with Gasteiger partial charge in [-0.2, -0.15) is 0 Å². The molecule has 1 rings (SSSR count). The van der Waals surface area contributed by atoms with Crippen LogP contribution in [0.2, 0.25) is 0 Å². The number of aliphatic hydroxyl groups excluding tert-OH is 1. The highest BCUT2D eigenvalue weighted by Gasteiger charge is 2.07. The number of carbonyl (C=O) groups is 1. The van der Waals surface area contributed by atoms with Gasteiger partial charge in [0.1, 0.15) is 5.75 Å². The molecule has 0 aliphatic carbocycles. The molecule has 15 heavy (non-hydrogen) atoms. The number of halogens is 1. The molecule has 0 aromatic heterocycles. The molecule has 0 fully saturated rings. The summed E-state index contributed by atoms with van der Waals surface area (Å²) in [4.78, 5) is 11.2. The van der Waals surface area contributed by atoms with Crippen molar-refractivity contribution < 1.29 is 14.6 Å². The van der Waals surface area contributed by atoms with E-state index in [1.807, 2.05) is 6.07 Å². The Hall–Kier alpha value is -1.07. The molecule has 0 saturated heterocycles. The minimum atomic E-state index is -0.574. The summed E-state index contributed by atoms with van der Waals surface area (Å²) in [6.07, 6.45) is -0.574. The maximum atomic E-state index is 11.2. The van der Waals surface area contributed by atoms with Gasteiger partial charge < -0.3 is 15.2 Å². The lowest BCUT2D eigenvalue weighted by Gasteiger charge is -2.10. The van der Waals surface area contributed by atoms with E-state index in [1.165, 1.54) is 0 Å². The standard InChI is InChI=1S/C10H12BrNO3/c1-7(6-13)12-10(14)15-9-4-2-3-8(11)5-9/h2-5,7,13H,6H2,1H3,(H,12,14). The molecule has 0 bridgehead atoms. The summed E-state index contributed by atoms with van der Waals surface area (Å²) in [6.45, 7) is 1.57. The Balaban J connectivity index is 2.51. The second-order valence-corrected chi connectivity index (χ2v) is 3.99. The zero-order valence-electron chi connectivity index (χ0n) is 8.24. The third-order valence-corrected chi connectivity index (χ3v) is 2.14. The van der Waals surface area contributed by atoms with Crippen LogP contribution in [-0.4, -0.2) is 23.8 Å². The number of amides is 1. The molecule has 5 heteroatoms. The van der Waals surface area contributed by atoms with Crippen molar-refractivity contribution in [1.29, 1.82) is 0 Å². The van der Waals surface area contributed by atoms with E-state index < -0.39 is 6.09 Å². The molecule has 2 N–H and O–H groups in total. The predicted octanol–water partition coefficient (Wildman–Crippen LogP) is 1.92. The minimum Gasteiger partial charge on any atom is -0.410 e. The number of benzene rings is 1. The van der Waals surface area contributed by atoms with E-state index in [0.29, 0.717) is 5.75 Å². The van der Waals surface area contributed by atoms with E-state index in [4.69, 9.17) is 9.84 Å². The monoisotopic (exact) mass is 273 g/mol. The number of hydrogen-bond acceptors (Lipinski definition) is 3. The molecule has 0 aliphatic heterocycles. The third kappa shape index (κ3) is 4.31. The van der Waals surface area contributed by atoms with Gasteiger partial charge in [-0.15, -0.1) is 0 Å². The summed E-state index contributed by atoms with van der Waals surface area (Å²) in [5.41, 5.74) is 0. The van der Waals surface area contributed by atoms with Crippen LogP contribution in [0.3, 0.4) is 0 Å². The molecule has 0 heterocycles. The highest BCUT2D eigenvalue weighted by Crippen LogP contribution is 2.17. The van der Waals surface area contributed by atoms with E-state index in [-0.39, 0.29) is 12.6 Å².